The number of ether oxygens (including phenoxy) is 2. The second kappa shape index (κ2) is 8.03. The van der Waals surface area contributed by atoms with Crippen LogP contribution in [0.1, 0.15) is 25.3 Å². The van der Waals surface area contributed by atoms with Crippen molar-refractivity contribution in [3.63, 3.8) is 0 Å². The Labute approximate surface area is 133 Å². The predicted octanol–water partition coefficient (Wildman–Crippen LogP) is 1.97. The van der Waals surface area contributed by atoms with Crippen molar-refractivity contribution >= 4 is 5.96 Å². The molecule has 0 aromatic heterocycles. The molecule has 2 rings (SSSR count). The van der Waals surface area contributed by atoms with E-state index in [4.69, 9.17) is 9.47 Å². The summed E-state index contributed by atoms with van der Waals surface area (Å²) in [6, 6.07) is 8.15. The van der Waals surface area contributed by atoms with Gasteiger partial charge in [-0.05, 0) is 43.9 Å². The predicted molar refractivity (Wildman–Crippen MR) is 89.7 cm³/mol. The molecule has 1 saturated heterocycles. The van der Waals surface area contributed by atoms with E-state index in [-0.39, 0.29) is 5.60 Å². The van der Waals surface area contributed by atoms with Gasteiger partial charge < -0.3 is 20.1 Å². The minimum Gasteiger partial charge on any atom is -0.497 e. The zero-order chi connectivity index (χ0) is 15.8. The van der Waals surface area contributed by atoms with Crippen LogP contribution in [0.5, 0.6) is 5.75 Å². The molecule has 0 aliphatic carbocycles. The Hall–Kier alpha value is -1.75. The van der Waals surface area contributed by atoms with Crippen LogP contribution in [0.3, 0.4) is 0 Å². The maximum absolute atomic E-state index is 5.77. The van der Waals surface area contributed by atoms with E-state index in [1.165, 1.54) is 5.56 Å². The number of hydrogen-bond donors (Lipinski definition) is 2. The second-order valence-electron chi connectivity index (χ2n) is 5.85. The molecular weight excluding hydrogens is 278 g/mol. The van der Waals surface area contributed by atoms with Gasteiger partial charge >= 0.3 is 0 Å². The maximum atomic E-state index is 5.77. The first-order chi connectivity index (χ1) is 10.6. The molecule has 1 atom stereocenters. The highest BCUT2D eigenvalue weighted by Gasteiger charge is 2.29. The van der Waals surface area contributed by atoms with E-state index in [0.29, 0.717) is 0 Å². The molecule has 1 fully saturated rings. The van der Waals surface area contributed by atoms with E-state index in [2.05, 4.69) is 34.7 Å². The van der Waals surface area contributed by atoms with Crippen LogP contribution in [-0.4, -0.2) is 45.4 Å². The van der Waals surface area contributed by atoms with Gasteiger partial charge in [0.05, 0.1) is 12.7 Å². The lowest BCUT2D eigenvalue weighted by Gasteiger charge is -2.24. The third-order valence-electron chi connectivity index (χ3n) is 4.02. The van der Waals surface area contributed by atoms with Gasteiger partial charge in [0.15, 0.2) is 5.96 Å². The van der Waals surface area contributed by atoms with Gasteiger partial charge in [-0.2, -0.15) is 0 Å². The van der Waals surface area contributed by atoms with Crippen molar-refractivity contribution in [2.75, 3.05) is 33.9 Å². The lowest BCUT2D eigenvalue weighted by atomic mass is 10.0. The largest absolute Gasteiger partial charge is 0.497 e. The van der Waals surface area contributed by atoms with Gasteiger partial charge in [-0.3, -0.25) is 4.99 Å². The summed E-state index contributed by atoms with van der Waals surface area (Å²) in [6.45, 7) is 4.64. The molecule has 122 valence electrons. The minimum atomic E-state index is -0.0619. The van der Waals surface area contributed by atoms with Crippen LogP contribution in [0, 0.1) is 0 Å². The first-order valence-electron chi connectivity index (χ1n) is 7.87. The van der Waals surface area contributed by atoms with Crippen LogP contribution in [0.2, 0.25) is 0 Å². The van der Waals surface area contributed by atoms with Gasteiger partial charge in [-0.1, -0.05) is 12.1 Å². The Morgan fingerprint density at radius 1 is 1.32 bits per heavy atom. The molecule has 0 spiro atoms. The zero-order valence-corrected chi connectivity index (χ0v) is 13.8. The molecule has 0 bridgehead atoms. The Kier molecular flexibility index (Phi) is 6.07. The number of benzene rings is 1. The lowest BCUT2D eigenvalue weighted by Crippen LogP contribution is -2.45. The molecule has 2 N–H and O–H groups in total. The minimum absolute atomic E-state index is 0.0619. The van der Waals surface area contributed by atoms with Crippen molar-refractivity contribution in [1.82, 2.24) is 10.6 Å². The van der Waals surface area contributed by atoms with E-state index < -0.39 is 0 Å². The van der Waals surface area contributed by atoms with Crippen LogP contribution in [0.4, 0.5) is 0 Å². The first-order valence-corrected chi connectivity index (χ1v) is 7.87. The summed E-state index contributed by atoms with van der Waals surface area (Å²) in [7, 11) is 3.47. The van der Waals surface area contributed by atoms with Gasteiger partial charge in [0.1, 0.15) is 5.75 Å². The molecule has 1 heterocycles. The van der Waals surface area contributed by atoms with Gasteiger partial charge in [0.25, 0.3) is 0 Å². The Morgan fingerprint density at radius 2 is 2.09 bits per heavy atom. The van der Waals surface area contributed by atoms with Gasteiger partial charge in [-0.25, -0.2) is 0 Å². The van der Waals surface area contributed by atoms with Crippen LogP contribution in [0.25, 0.3) is 0 Å². The molecule has 1 aliphatic rings. The highest BCUT2D eigenvalue weighted by molar-refractivity contribution is 5.79. The number of rotatable bonds is 6. The van der Waals surface area contributed by atoms with Crippen molar-refractivity contribution in [2.45, 2.75) is 31.8 Å². The molecule has 0 radical (unpaired) electrons. The summed E-state index contributed by atoms with van der Waals surface area (Å²) in [5.74, 6) is 1.71. The van der Waals surface area contributed by atoms with E-state index >= 15 is 0 Å². The van der Waals surface area contributed by atoms with Crippen LogP contribution < -0.4 is 15.4 Å². The van der Waals surface area contributed by atoms with Crippen molar-refractivity contribution in [2.24, 2.45) is 4.99 Å². The molecule has 5 heteroatoms. The topological polar surface area (TPSA) is 54.9 Å². The first kappa shape index (κ1) is 16.6. The Balaban J connectivity index is 1.71. The number of guanidine groups is 1. The van der Waals surface area contributed by atoms with E-state index in [1.54, 1.807) is 14.2 Å². The quantitative estimate of drug-likeness (QED) is 0.623. The molecular formula is C17H27N3O2. The number of aliphatic imine (C=N–C) groups is 1. The average molecular weight is 305 g/mol. The number of nitrogens with one attached hydrogen (secondary N) is 2. The monoisotopic (exact) mass is 305 g/mol. The van der Waals surface area contributed by atoms with Crippen LogP contribution in [-0.2, 0) is 11.2 Å². The molecule has 0 amide bonds. The fraction of sp³-hybridized carbons (Fsp3) is 0.588. The smallest absolute Gasteiger partial charge is 0.191 e. The number of nitrogens with zero attached hydrogens (tertiary/aromatic N) is 1. The second-order valence-corrected chi connectivity index (χ2v) is 5.85. The normalized spacial score (nSPS) is 21.7. The molecule has 1 aliphatic heterocycles. The average Bonchev–Trinajstić information content (AvgIpc) is 2.98. The van der Waals surface area contributed by atoms with Gasteiger partial charge in [0.2, 0.25) is 0 Å². The maximum Gasteiger partial charge on any atom is 0.191 e. The Morgan fingerprint density at radius 3 is 2.68 bits per heavy atom. The third kappa shape index (κ3) is 4.91. The van der Waals surface area contributed by atoms with Crippen molar-refractivity contribution in [1.29, 1.82) is 0 Å². The standard InChI is InChI=1S/C17H27N3O2/c1-17(10-4-12-22-17)13-20-16(18-2)19-11-9-14-5-7-15(21-3)8-6-14/h5-8H,4,9-13H2,1-3H3,(H2,18,19,20). The van der Waals surface area contributed by atoms with Gasteiger partial charge in [0, 0.05) is 26.7 Å². The summed E-state index contributed by atoms with van der Waals surface area (Å²) in [5, 5.41) is 6.69. The molecule has 5 nitrogen and oxygen atoms in total. The molecule has 1 unspecified atom stereocenters. The number of methoxy groups -OCH3 is 1. The van der Waals surface area contributed by atoms with Crippen LogP contribution >= 0.6 is 0 Å². The summed E-state index contributed by atoms with van der Waals surface area (Å²) >= 11 is 0. The van der Waals surface area contributed by atoms with Crippen molar-refractivity contribution in [3.8, 4) is 5.75 Å². The van der Waals surface area contributed by atoms with E-state index in [0.717, 1.165) is 50.7 Å². The van der Waals surface area contributed by atoms with Crippen LogP contribution in [0.15, 0.2) is 29.3 Å². The summed E-state index contributed by atoms with van der Waals surface area (Å²) in [4.78, 5) is 4.26. The lowest BCUT2D eigenvalue weighted by molar-refractivity contribution is 0.0243. The van der Waals surface area contributed by atoms with E-state index in [1.807, 2.05) is 12.1 Å². The zero-order valence-electron chi connectivity index (χ0n) is 13.8. The van der Waals surface area contributed by atoms with Crippen molar-refractivity contribution < 1.29 is 9.47 Å². The summed E-state index contributed by atoms with van der Waals surface area (Å²) < 4.78 is 10.9. The summed E-state index contributed by atoms with van der Waals surface area (Å²) in [5.41, 5.74) is 1.21. The molecule has 22 heavy (non-hydrogen) atoms. The molecule has 1 aromatic rings. The number of hydrogen-bond acceptors (Lipinski definition) is 3. The van der Waals surface area contributed by atoms with Gasteiger partial charge in [-0.15, -0.1) is 0 Å². The third-order valence-corrected chi connectivity index (χ3v) is 4.02. The molecule has 0 saturated carbocycles. The highest BCUT2D eigenvalue weighted by Crippen LogP contribution is 2.23. The van der Waals surface area contributed by atoms with Crippen molar-refractivity contribution in [3.05, 3.63) is 29.8 Å². The fourth-order valence-electron chi connectivity index (χ4n) is 2.59. The summed E-state index contributed by atoms with van der Waals surface area (Å²) in [6.07, 6.45) is 3.18. The fourth-order valence-corrected chi connectivity index (χ4v) is 2.59. The SMILES string of the molecule is CN=C(NCCc1ccc(OC)cc1)NCC1(C)CCCO1. The van der Waals surface area contributed by atoms with E-state index in [9.17, 15) is 0 Å². The highest BCUT2D eigenvalue weighted by atomic mass is 16.5. The molecule has 1 aromatic carbocycles. The Bertz CT molecular complexity index is 479.